The Hall–Kier alpha value is -1.65. The number of anilines is 1. The quantitative estimate of drug-likeness (QED) is 0.784. The van der Waals surface area contributed by atoms with Gasteiger partial charge in [-0.15, -0.1) is 0 Å². The van der Waals surface area contributed by atoms with E-state index in [2.05, 4.69) is 27.5 Å². The minimum absolute atomic E-state index is 0.107. The molecule has 0 aliphatic heterocycles. The van der Waals surface area contributed by atoms with E-state index in [1.54, 1.807) is 12.4 Å². The van der Waals surface area contributed by atoms with Crippen LogP contribution in [0.3, 0.4) is 0 Å². The molecule has 1 heterocycles. The lowest BCUT2D eigenvalue weighted by Gasteiger charge is -2.22. The van der Waals surface area contributed by atoms with E-state index in [9.17, 15) is 4.79 Å². The highest BCUT2D eigenvalue weighted by Gasteiger charge is 2.17. The first-order valence-electron chi connectivity index (χ1n) is 7.66. The first-order chi connectivity index (χ1) is 9.79. The average Bonchev–Trinajstić information content (AvgIpc) is 2.49. The van der Waals surface area contributed by atoms with Gasteiger partial charge in [-0.1, -0.05) is 32.6 Å². The third-order valence-electron chi connectivity index (χ3n) is 3.66. The van der Waals surface area contributed by atoms with Crippen molar-refractivity contribution in [1.82, 2.24) is 15.3 Å². The summed E-state index contributed by atoms with van der Waals surface area (Å²) in [6, 6.07) is 0.306. The van der Waals surface area contributed by atoms with Gasteiger partial charge in [0.05, 0.1) is 12.4 Å². The largest absolute Gasteiger partial charge is 0.369 e. The van der Waals surface area contributed by atoms with Crippen LogP contribution in [0.2, 0.25) is 0 Å². The number of carbonyl (C=O) groups excluding carboxylic acids is 1. The van der Waals surface area contributed by atoms with Gasteiger partial charge in [0, 0.05) is 12.6 Å². The fourth-order valence-corrected chi connectivity index (χ4v) is 2.44. The summed E-state index contributed by atoms with van der Waals surface area (Å²) in [4.78, 5) is 20.5. The number of hydrogen-bond donors (Lipinski definition) is 2. The van der Waals surface area contributed by atoms with Crippen molar-refractivity contribution < 1.29 is 4.79 Å². The number of nitrogens with zero attached hydrogens (tertiary/aromatic N) is 2. The van der Waals surface area contributed by atoms with Gasteiger partial charge in [-0.3, -0.25) is 4.79 Å². The Morgan fingerprint density at radius 3 is 2.70 bits per heavy atom. The standard InChI is InChI=1S/C15H24N4O/c1-2-3-9-16-14-11-17-13(10-18-14)15(20)19-12-7-5-4-6-8-12/h10-12H,2-9H2,1H3,(H,16,18)(H,19,20). The Morgan fingerprint density at radius 1 is 1.25 bits per heavy atom. The van der Waals surface area contributed by atoms with Gasteiger partial charge in [0.2, 0.25) is 0 Å². The zero-order valence-corrected chi connectivity index (χ0v) is 12.2. The van der Waals surface area contributed by atoms with E-state index in [1.165, 1.54) is 19.3 Å². The number of hydrogen-bond acceptors (Lipinski definition) is 4. The van der Waals surface area contributed by atoms with E-state index < -0.39 is 0 Å². The maximum atomic E-state index is 12.1. The van der Waals surface area contributed by atoms with Gasteiger partial charge in [0.1, 0.15) is 11.5 Å². The molecule has 20 heavy (non-hydrogen) atoms. The zero-order valence-electron chi connectivity index (χ0n) is 12.2. The fraction of sp³-hybridized carbons (Fsp3) is 0.667. The molecule has 0 saturated heterocycles. The molecule has 1 aromatic rings. The average molecular weight is 276 g/mol. The van der Waals surface area contributed by atoms with Crippen molar-refractivity contribution >= 4 is 11.7 Å². The van der Waals surface area contributed by atoms with Crippen LogP contribution in [-0.4, -0.2) is 28.5 Å². The third kappa shape index (κ3) is 4.47. The summed E-state index contributed by atoms with van der Waals surface area (Å²) in [6.45, 7) is 3.03. The van der Waals surface area contributed by atoms with E-state index in [1.807, 2.05) is 0 Å². The van der Waals surface area contributed by atoms with Crippen LogP contribution in [0.1, 0.15) is 62.4 Å². The van der Waals surface area contributed by atoms with Crippen molar-refractivity contribution in [1.29, 1.82) is 0 Å². The molecule has 0 unspecified atom stereocenters. The van der Waals surface area contributed by atoms with Crippen LogP contribution >= 0.6 is 0 Å². The molecule has 1 aliphatic rings. The van der Waals surface area contributed by atoms with Crippen molar-refractivity contribution in [2.24, 2.45) is 0 Å². The van der Waals surface area contributed by atoms with Gasteiger partial charge in [0.15, 0.2) is 0 Å². The summed E-state index contributed by atoms with van der Waals surface area (Å²) < 4.78 is 0. The molecule has 1 aliphatic carbocycles. The Morgan fingerprint density at radius 2 is 2.05 bits per heavy atom. The second-order valence-corrected chi connectivity index (χ2v) is 5.38. The zero-order chi connectivity index (χ0) is 14.2. The Balaban J connectivity index is 1.83. The lowest BCUT2D eigenvalue weighted by atomic mass is 9.95. The lowest BCUT2D eigenvalue weighted by Crippen LogP contribution is -2.36. The molecule has 5 nitrogen and oxygen atoms in total. The van der Waals surface area contributed by atoms with Crippen LogP contribution in [0.4, 0.5) is 5.82 Å². The molecule has 1 aromatic heterocycles. The molecule has 2 N–H and O–H groups in total. The summed E-state index contributed by atoms with van der Waals surface area (Å²) in [6.07, 6.45) is 11.3. The molecule has 1 amide bonds. The predicted octanol–water partition coefficient (Wildman–Crippen LogP) is 2.75. The van der Waals surface area contributed by atoms with Gasteiger partial charge in [-0.05, 0) is 19.3 Å². The van der Waals surface area contributed by atoms with E-state index in [-0.39, 0.29) is 5.91 Å². The molecule has 0 radical (unpaired) electrons. The highest BCUT2D eigenvalue weighted by Crippen LogP contribution is 2.17. The van der Waals surface area contributed by atoms with Crippen molar-refractivity contribution in [3.8, 4) is 0 Å². The molecule has 2 rings (SSSR count). The van der Waals surface area contributed by atoms with Crippen molar-refractivity contribution in [3.05, 3.63) is 18.1 Å². The number of carbonyl (C=O) groups is 1. The second kappa shape index (κ2) is 7.82. The van der Waals surface area contributed by atoms with Gasteiger partial charge in [-0.2, -0.15) is 0 Å². The highest BCUT2D eigenvalue weighted by molar-refractivity contribution is 5.92. The van der Waals surface area contributed by atoms with Crippen LogP contribution in [-0.2, 0) is 0 Å². The number of unbranched alkanes of at least 4 members (excludes halogenated alkanes) is 1. The van der Waals surface area contributed by atoms with E-state index in [0.717, 1.165) is 38.0 Å². The van der Waals surface area contributed by atoms with Crippen LogP contribution < -0.4 is 10.6 Å². The SMILES string of the molecule is CCCCNc1cnc(C(=O)NC2CCCCC2)cn1. The second-order valence-electron chi connectivity index (χ2n) is 5.38. The summed E-state index contributed by atoms with van der Waals surface area (Å²) >= 11 is 0. The monoisotopic (exact) mass is 276 g/mol. The Labute approximate surface area is 120 Å². The molecule has 0 spiro atoms. The van der Waals surface area contributed by atoms with Crippen molar-refractivity contribution in [2.75, 3.05) is 11.9 Å². The number of aromatic nitrogens is 2. The summed E-state index contributed by atoms with van der Waals surface area (Å²) in [5.74, 6) is 0.622. The van der Waals surface area contributed by atoms with E-state index in [0.29, 0.717) is 11.7 Å². The molecule has 110 valence electrons. The Kier molecular flexibility index (Phi) is 5.77. The van der Waals surface area contributed by atoms with Gasteiger partial charge in [-0.25, -0.2) is 9.97 Å². The van der Waals surface area contributed by atoms with Crippen LogP contribution in [0.15, 0.2) is 12.4 Å². The summed E-state index contributed by atoms with van der Waals surface area (Å²) in [5.41, 5.74) is 0.400. The normalized spacial score (nSPS) is 15.8. The van der Waals surface area contributed by atoms with Crippen LogP contribution in [0, 0.1) is 0 Å². The first kappa shape index (κ1) is 14.8. The topological polar surface area (TPSA) is 66.9 Å². The van der Waals surface area contributed by atoms with Crippen LogP contribution in [0.5, 0.6) is 0 Å². The van der Waals surface area contributed by atoms with Crippen molar-refractivity contribution in [2.45, 2.75) is 57.9 Å². The van der Waals surface area contributed by atoms with E-state index in [4.69, 9.17) is 0 Å². The summed E-state index contributed by atoms with van der Waals surface area (Å²) in [7, 11) is 0. The van der Waals surface area contributed by atoms with Gasteiger partial charge >= 0.3 is 0 Å². The number of nitrogens with one attached hydrogen (secondary N) is 2. The fourth-order valence-electron chi connectivity index (χ4n) is 2.44. The van der Waals surface area contributed by atoms with Crippen molar-refractivity contribution in [3.63, 3.8) is 0 Å². The van der Waals surface area contributed by atoms with Crippen LogP contribution in [0.25, 0.3) is 0 Å². The highest BCUT2D eigenvalue weighted by atomic mass is 16.1. The molecule has 5 heteroatoms. The molecule has 0 atom stereocenters. The molecule has 0 bridgehead atoms. The third-order valence-corrected chi connectivity index (χ3v) is 3.66. The molecule has 0 aromatic carbocycles. The lowest BCUT2D eigenvalue weighted by molar-refractivity contribution is 0.0922. The Bertz CT molecular complexity index is 412. The maximum Gasteiger partial charge on any atom is 0.271 e. The van der Waals surface area contributed by atoms with E-state index >= 15 is 0 Å². The number of rotatable bonds is 6. The predicted molar refractivity (Wildman–Crippen MR) is 79.8 cm³/mol. The summed E-state index contributed by atoms with van der Waals surface area (Å²) in [5, 5.41) is 6.23. The maximum absolute atomic E-state index is 12.1. The smallest absolute Gasteiger partial charge is 0.271 e. The minimum atomic E-state index is -0.107. The molecule has 1 saturated carbocycles. The first-order valence-corrected chi connectivity index (χ1v) is 7.66. The molecular weight excluding hydrogens is 252 g/mol. The molecule has 1 fully saturated rings. The number of amides is 1. The molecular formula is C15H24N4O. The van der Waals surface area contributed by atoms with Gasteiger partial charge in [0.25, 0.3) is 5.91 Å². The minimum Gasteiger partial charge on any atom is -0.369 e. The van der Waals surface area contributed by atoms with Gasteiger partial charge < -0.3 is 10.6 Å².